The fourth-order valence-corrected chi connectivity index (χ4v) is 3.06. The van der Waals surface area contributed by atoms with Crippen LogP contribution in [0.3, 0.4) is 0 Å². The van der Waals surface area contributed by atoms with Crippen molar-refractivity contribution in [2.75, 3.05) is 24.7 Å². The van der Waals surface area contributed by atoms with Crippen molar-refractivity contribution in [3.63, 3.8) is 0 Å². The number of hydrogen-bond acceptors (Lipinski definition) is 6. The van der Waals surface area contributed by atoms with Gasteiger partial charge in [-0.1, -0.05) is 6.07 Å². The smallest absolute Gasteiger partial charge is 0.377 e. The van der Waals surface area contributed by atoms with E-state index < -0.39 is 24.6 Å². The predicted molar refractivity (Wildman–Crippen MR) is 86.5 cm³/mol. The van der Waals surface area contributed by atoms with Crippen LogP contribution in [0.15, 0.2) is 30.9 Å². The Hall–Kier alpha value is -2.82. The second-order valence-electron chi connectivity index (χ2n) is 6.03. The maximum absolute atomic E-state index is 14.4. The van der Waals surface area contributed by atoms with Crippen molar-refractivity contribution in [2.45, 2.75) is 18.8 Å². The summed E-state index contributed by atoms with van der Waals surface area (Å²) in [5.74, 6) is 0.00419. The van der Waals surface area contributed by atoms with Crippen molar-refractivity contribution in [2.24, 2.45) is 0 Å². The van der Waals surface area contributed by atoms with Gasteiger partial charge >= 0.3 is 6.18 Å². The van der Waals surface area contributed by atoms with Crippen molar-refractivity contribution < 1.29 is 22.3 Å². The topological polar surface area (TPSA) is 69.0 Å². The number of aromatic nitrogens is 5. The number of halogens is 4. The highest BCUT2D eigenvalue weighted by Crippen LogP contribution is 2.32. The number of nitrogens with zero attached hydrogens (tertiary/aromatic N) is 6. The lowest BCUT2D eigenvalue weighted by Crippen LogP contribution is -2.41. The lowest BCUT2D eigenvalue weighted by Gasteiger charge is -2.35. The van der Waals surface area contributed by atoms with Crippen LogP contribution in [0.5, 0.6) is 0 Å². The first-order valence-corrected chi connectivity index (χ1v) is 8.12. The summed E-state index contributed by atoms with van der Waals surface area (Å²) >= 11 is 0. The molecule has 0 aliphatic carbocycles. The van der Waals surface area contributed by atoms with Gasteiger partial charge < -0.3 is 9.64 Å². The van der Waals surface area contributed by atoms with E-state index in [9.17, 15) is 17.6 Å². The van der Waals surface area contributed by atoms with Gasteiger partial charge in [0.2, 0.25) is 0 Å². The number of ether oxygens (including phenoxy) is 1. The summed E-state index contributed by atoms with van der Waals surface area (Å²) in [6.07, 6.45) is -2.06. The Labute approximate surface area is 150 Å². The third kappa shape index (κ3) is 3.54. The minimum Gasteiger partial charge on any atom is -0.377 e. The molecule has 0 spiro atoms. The number of anilines is 1. The largest absolute Gasteiger partial charge is 0.408 e. The van der Waals surface area contributed by atoms with E-state index in [1.165, 1.54) is 12.4 Å². The number of morpholine rings is 1. The molecule has 1 aromatic carbocycles. The summed E-state index contributed by atoms with van der Waals surface area (Å²) in [7, 11) is 0. The quantitative estimate of drug-likeness (QED) is 0.649. The van der Waals surface area contributed by atoms with Gasteiger partial charge in [-0.15, -0.1) is 0 Å². The van der Waals surface area contributed by atoms with E-state index in [4.69, 9.17) is 4.74 Å². The highest BCUT2D eigenvalue weighted by molar-refractivity contribution is 5.90. The lowest BCUT2D eigenvalue weighted by molar-refractivity contribution is -0.142. The maximum atomic E-state index is 14.4. The molecule has 0 saturated carbocycles. The van der Waals surface area contributed by atoms with Gasteiger partial charge in [0.15, 0.2) is 5.82 Å². The van der Waals surface area contributed by atoms with E-state index in [0.717, 1.165) is 11.0 Å². The average Bonchev–Trinajstić information content (AvgIpc) is 3.08. The molecule has 3 aromatic rings. The van der Waals surface area contributed by atoms with Gasteiger partial charge in [-0.25, -0.2) is 24.0 Å². The molecule has 1 atom stereocenters. The minimum atomic E-state index is -4.40. The highest BCUT2D eigenvalue weighted by Gasteiger charge is 2.33. The number of alkyl halides is 3. The average molecular weight is 382 g/mol. The normalized spacial score (nSPS) is 18.2. The van der Waals surface area contributed by atoms with Crippen molar-refractivity contribution in [3.8, 4) is 0 Å². The van der Waals surface area contributed by atoms with Crippen LogP contribution in [0, 0.1) is 5.82 Å². The molecule has 1 aliphatic rings. The molecule has 27 heavy (non-hydrogen) atoms. The molecular formula is C16H14F4N6O. The zero-order chi connectivity index (χ0) is 19.0. The Morgan fingerprint density at radius 3 is 2.85 bits per heavy atom. The van der Waals surface area contributed by atoms with E-state index in [-0.39, 0.29) is 17.8 Å². The van der Waals surface area contributed by atoms with Gasteiger partial charge in [-0.05, 0) is 12.1 Å². The SMILES string of the molecule is Fc1cccc2ncnc(N3CCOC[C@H]3c3ncn(CC(F)(F)F)n3)c12. The van der Waals surface area contributed by atoms with E-state index >= 15 is 0 Å². The molecule has 1 saturated heterocycles. The van der Waals surface area contributed by atoms with E-state index in [0.29, 0.717) is 24.5 Å². The Kier molecular flexibility index (Phi) is 4.38. The standard InChI is InChI=1S/C16H14F4N6O/c17-10-2-1-3-11-13(10)15(22-8-21-11)26-4-5-27-6-12(26)14-23-9-25(24-14)7-16(18,19)20/h1-3,8-9,12H,4-7H2/t12-/m0/s1. The molecule has 11 heteroatoms. The molecule has 0 amide bonds. The Morgan fingerprint density at radius 1 is 1.19 bits per heavy atom. The Morgan fingerprint density at radius 2 is 2.04 bits per heavy atom. The van der Waals surface area contributed by atoms with Crippen LogP contribution in [0.25, 0.3) is 10.9 Å². The molecule has 0 unspecified atom stereocenters. The summed E-state index contributed by atoms with van der Waals surface area (Å²) in [4.78, 5) is 14.0. The van der Waals surface area contributed by atoms with E-state index in [2.05, 4.69) is 20.1 Å². The molecule has 1 aliphatic heterocycles. The molecule has 142 valence electrons. The predicted octanol–water partition coefficient (Wildman–Crippen LogP) is 2.50. The molecular weight excluding hydrogens is 368 g/mol. The molecule has 0 radical (unpaired) electrons. The van der Waals surface area contributed by atoms with Crippen LogP contribution in [-0.2, 0) is 11.3 Å². The molecule has 2 aromatic heterocycles. The van der Waals surface area contributed by atoms with Crippen molar-refractivity contribution in [1.29, 1.82) is 0 Å². The van der Waals surface area contributed by atoms with Crippen LogP contribution in [0.1, 0.15) is 11.9 Å². The Balaban J connectivity index is 1.72. The third-order valence-electron chi connectivity index (χ3n) is 4.19. The molecule has 3 heterocycles. The fourth-order valence-electron chi connectivity index (χ4n) is 3.06. The minimum absolute atomic E-state index is 0.149. The lowest BCUT2D eigenvalue weighted by atomic mass is 10.1. The van der Waals surface area contributed by atoms with Crippen molar-refractivity contribution >= 4 is 16.7 Å². The molecule has 1 fully saturated rings. The van der Waals surface area contributed by atoms with Gasteiger partial charge in [0.25, 0.3) is 0 Å². The zero-order valence-electron chi connectivity index (χ0n) is 13.9. The Bertz CT molecular complexity index is 954. The first kappa shape index (κ1) is 17.6. The second kappa shape index (κ2) is 6.72. The zero-order valence-corrected chi connectivity index (χ0v) is 13.9. The number of rotatable bonds is 3. The summed E-state index contributed by atoms with van der Waals surface area (Å²) < 4.78 is 58.3. The van der Waals surface area contributed by atoms with Crippen LogP contribution in [0.2, 0.25) is 0 Å². The number of hydrogen-bond donors (Lipinski definition) is 0. The van der Waals surface area contributed by atoms with Gasteiger partial charge in [0, 0.05) is 6.54 Å². The summed E-state index contributed by atoms with van der Waals surface area (Å²) in [5, 5.41) is 4.16. The summed E-state index contributed by atoms with van der Waals surface area (Å²) in [5.41, 5.74) is 0.431. The first-order valence-electron chi connectivity index (χ1n) is 8.12. The van der Waals surface area contributed by atoms with E-state index in [1.54, 1.807) is 17.0 Å². The third-order valence-corrected chi connectivity index (χ3v) is 4.19. The van der Waals surface area contributed by atoms with Crippen molar-refractivity contribution in [1.82, 2.24) is 24.7 Å². The van der Waals surface area contributed by atoms with Crippen LogP contribution >= 0.6 is 0 Å². The van der Waals surface area contributed by atoms with E-state index in [1.807, 2.05) is 0 Å². The molecule has 0 N–H and O–H groups in total. The van der Waals surface area contributed by atoms with Crippen molar-refractivity contribution in [3.05, 3.63) is 42.5 Å². The van der Waals surface area contributed by atoms with Crippen LogP contribution < -0.4 is 4.90 Å². The monoisotopic (exact) mass is 382 g/mol. The molecule has 7 nitrogen and oxygen atoms in total. The van der Waals surface area contributed by atoms with Gasteiger partial charge in [-0.3, -0.25) is 0 Å². The molecule has 0 bridgehead atoms. The van der Waals surface area contributed by atoms with Crippen LogP contribution in [0.4, 0.5) is 23.4 Å². The fraction of sp³-hybridized carbons (Fsp3) is 0.375. The second-order valence-corrected chi connectivity index (χ2v) is 6.03. The summed E-state index contributed by atoms with van der Waals surface area (Å²) in [6.45, 7) is -0.368. The molecule has 4 rings (SSSR count). The number of benzene rings is 1. The number of fused-ring (bicyclic) bond motifs is 1. The summed E-state index contributed by atoms with van der Waals surface area (Å²) in [6, 6.07) is 3.92. The highest BCUT2D eigenvalue weighted by atomic mass is 19.4. The van der Waals surface area contributed by atoms with Gasteiger partial charge in [0.1, 0.15) is 36.9 Å². The van der Waals surface area contributed by atoms with Gasteiger partial charge in [0.05, 0.1) is 24.1 Å². The van der Waals surface area contributed by atoms with Gasteiger partial charge in [-0.2, -0.15) is 18.3 Å². The van der Waals surface area contributed by atoms with Crippen LogP contribution in [-0.4, -0.2) is 50.7 Å². The first-order chi connectivity index (χ1) is 12.9. The maximum Gasteiger partial charge on any atom is 0.408 e.